The van der Waals surface area contributed by atoms with E-state index in [-0.39, 0.29) is 18.2 Å². The van der Waals surface area contributed by atoms with Gasteiger partial charge in [0.1, 0.15) is 5.54 Å². The smallest absolute Gasteiger partial charge is 0.322 e. The number of carbonyl (C=O) groups excluding carboxylic acids is 4. The molecule has 146 valence electrons. The summed E-state index contributed by atoms with van der Waals surface area (Å²) in [6.07, 6.45) is 0.736. The molecule has 4 N–H and O–H groups in total. The summed E-state index contributed by atoms with van der Waals surface area (Å²) in [5.74, 6) is -0.797. The molecule has 0 aliphatic carbocycles. The summed E-state index contributed by atoms with van der Waals surface area (Å²) < 4.78 is 0. The fourth-order valence-corrected chi connectivity index (χ4v) is 3.46. The second-order valence-electron chi connectivity index (χ2n) is 6.53. The van der Waals surface area contributed by atoms with Crippen molar-refractivity contribution >= 4 is 40.8 Å². The van der Waals surface area contributed by atoms with E-state index < -0.39 is 17.5 Å². The van der Waals surface area contributed by atoms with E-state index in [2.05, 4.69) is 21.3 Å². The van der Waals surface area contributed by atoms with E-state index in [1.54, 1.807) is 42.6 Å². The van der Waals surface area contributed by atoms with Gasteiger partial charge in [-0.2, -0.15) is 11.3 Å². The van der Waals surface area contributed by atoms with Crippen LogP contribution in [-0.4, -0.2) is 30.3 Å². The number of carbonyl (C=O) groups is 4. The highest BCUT2D eigenvalue weighted by Crippen LogP contribution is 2.26. The average molecular weight is 400 g/mol. The molecule has 0 radical (unpaired) electrons. The Kier molecular flexibility index (Phi) is 5.74. The van der Waals surface area contributed by atoms with Crippen LogP contribution >= 0.6 is 11.3 Å². The number of anilines is 1. The third-order valence-electron chi connectivity index (χ3n) is 4.42. The zero-order chi connectivity index (χ0) is 20.1. The number of urea groups is 1. The molecule has 1 aliphatic rings. The van der Waals surface area contributed by atoms with Crippen LogP contribution in [0, 0.1) is 0 Å². The Hall–Kier alpha value is -3.20. The summed E-state index contributed by atoms with van der Waals surface area (Å²) in [6.45, 7) is 2.00. The molecule has 1 saturated heterocycles. The summed E-state index contributed by atoms with van der Waals surface area (Å²) in [7, 11) is 0. The van der Waals surface area contributed by atoms with Crippen LogP contribution in [0.15, 0.2) is 41.1 Å². The Morgan fingerprint density at radius 2 is 2.04 bits per heavy atom. The quantitative estimate of drug-likeness (QED) is 0.420. The van der Waals surface area contributed by atoms with E-state index in [0.29, 0.717) is 29.8 Å². The number of rotatable bonds is 7. The monoisotopic (exact) mass is 400 g/mol. The first-order chi connectivity index (χ1) is 13.4. The number of imide groups is 1. The number of hydrogen-bond acceptors (Lipinski definition) is 5. The third-order valence-corrected chi connectivity index (χ3v) is 5.10. The van der Waals surface area contributed by atoms with Gasteiger partial charge in [0.25, 0.3) is 11.8 Å². The normalized spacial score (nSPS) is 18.3. The van der Waals surface area contributed by atoms with Gasteiger partial charge in [-0.3, -0.25) is 19.7 Å². The van der Waals surface area contributed by atoms with Crippen LogP contribution in [0.2, 0.25) is 0 Å². The predicted molar refractivity (Wildman–Crippen MR) is 105 cm³/mol. The minimum atomic E-state index is -1.18. The first-order valence-corrected chi connectivity index (χ1v) is 9.67. The molecule has 1 atom stereocenters. The molecule has 0 saturated carbocycles. The maximum absolute atomic E-state index is 12.1. The van der Waals surface area contributed by atoms with E-state index in [1.165, 1.54) is 11.3 Å². The van der Waals surface area contributed by atoms with Crippen LogP contribution in [0.1, 0.15) is 35.7 Å². The highest BCUT2D eigenvalue weighted by Gasteiger charge is 2.43. The van der Waals surface area contributed by atoms with Gasteiger partial charge in [-0.15, -0.1) is 0 Å². The minimum Gasteiger partial charge on any atom is -0.352 e. The highest BCUT2D eigenvalue weighted by atomic mass is 32.1. The molecule has 1 aliphatic heterocycles. The zero-order valence-corrected chi connectivity index (χ0v) is 16.0. The van der Waals surface area contributed by atoms with Crippen LogP contribution in [0.5, 0.6) is 0 Å². The standard InChI is InChI=1S/C19H20N4O4S/c1-19(17(26)22-18(27)23-19)13-4-2-5-14(10-13)21-15(24)6-3-8-20-16(25)12-7-9-28-11-12/h2,4-5,7,9-11H,3,6,8H2,1H3,(H,20,25)(H,21,24)(H2,22,23,26,27). The Morgan fingerprint density at radius 3 is 2.71 bits per heavy atom. The highest BCUT2D eigenvalue weighted by molar-refractivity contribution is 7.08. The number of benzene rings is 1. The van der Waals surface area contributed by atoms with E-state index in [1.807, 2.05) is 5.38 Å². The SMILES string of the molecule is CC1(c2cccc(NC(=O)CCCNC(=O)c3ccsc3)c2)NC(=O)NC1=O. The Balaban J connectivity index is 1.50. The summed E-state index contributed by atoms with van der Waals surface area (Å²) in [4.78, 5) is 47.4. The molecular formula is C19H20N4O4S. The molecule has 2 heterocycles. The van der Waals surface area contributed by atoms with Crippen LogP contribution in [0.4, 0.5) is 10.5 Å². The second-order valence-corrected chi connectivity index (χ2v) is 7.31. The van der Waals surface area contributed by atoms with Crippen molar-refractivity contribution in [3.05, 3.63) is 52.2 Å². The van der Waals surface area contributed by atoms with Crippen LogP contribution in [0.25, 0.3) is 0 Å². The third kappa shape index (κ3) is 4.37. The lowest BCUT2D eigenvalue weighted by Crippen LogP contribution is -2.40. The second kappa shape index (κ2) is 8.22. The van der Waals surface area contributed by atoms with E-state index in [9.17, 15) is 19.2 Å². The van der Waals surface area contributed by atoms with Gasteiger partial charge in [0, 0.05) is 29.6 Å². The maximum atomic E-state index is 12.1. The fourth-order valence-electron chi connectivity index (χ4n) is 2.82. The molecule has 0 spiro atoms. The van der Waals surface area contributed by atoms with Gasteiger partial charge in [0.2, 0.25) is 5.91 Å². The van der Waals surface area contributed by atoms with Crippen molar-refractivity contribution in [2.45, 2.75) is 25.3 Å². The van der Waals surface area contributed by atoms with Crippen molar-refractivity contribution in [1.82, 2.24) is 16.0 Å². The summed E-state index contributed by atoms with van der Waals surface area (Å²) in [6, 6.07) is 7.97. The van der Waals surface area contributed by atoms with Crippen LogP contribution in [0.3, 0.4) is 0 Å². The molecule has 2 aromatic rings. The lowest BCUT2D eigenvalue weighted by molar-refractivity contribution is -0.123. The number of thiophene rings is 1. The number of hydrogen-bond donors (Lipinski definition) is 4. The topological polar surface area (TPSA) is 116 Å². The maximum Gasteiger partial charge on any atom is 0.322 e. The Morgan fingerprint density at radius 1 is 1.21 bits per heavy atom. The first kappa shape index (κ1) is 19.6. The molecule has 1 unspecified atom stereocenters. The van der Waals surface area contributed by atoms with Gasteiger partial charge in [-0.1, -0.05) is 12.1 Å². The molecule has 1 fully saturated rings. The van der Waals surface area contributed by atoms with Crippen molar-refractivity contribution in [1.29, 1.82) is 0 Å². The summed E-state index contributed by atoms with van der Waals surface area (Å²) in [5, 5.41) is 13.9. The van der Waals surface area contributed by atoms with Gasteiger partial charge in [0.05, 0.1) is 0 Å². The van der Waals surface area contributed by atoms with Crippen molar-refractivity contribution in [2.24, 2.45) is 0 Å². The van der Waals surface area contributed by atoms with Gasteiger partial charge in [-0.25, -0.2) is 4.79 Å². The molecular weight excluding hydrogens is 380 g/mol. The number of nitrogens with one attached hydrogen (secondary N) is 4. The molecule has 0 bridgehead atoms. The predicted octanol–water partition coefficient (Wildman–Crippen LogP) is 1.95. The Bertz CT molecular complexity index is 912. The average Bonchev–Trinajstić information content (AvgIpc) is 3.28. The van der Waals surface area contributed by atoms with Crippen LogP contribution in [-0.2, 0) is 15.1 Å². The van der Waals surface area contributed by atoms with Gasteiger partial charge in [-0.05, 0) is 42.5 Å². The first-order valence-electron chi connectivity index (χ1n) is 8.73. The van der Waals surface area contributed by atoms with E-state index >= 15 is 0 Å². The lowest BCUT2D eigenvalue weighted by Gasteiger charge is -2.21. The summed E-state index contributed by atoms with van der Waals surface area (Å²) in [5.41, 5.74) is 0.531. The molecule has 1 aromatic carbocycles. The largest absolute Gasteiger partial charge is 0.352 e. The van der Waals surface area contributed by atoms with Gasteiger partial charge < -0.3 is 16.0 Å². The van der Waals surface area contributed by atoms with Crippen LogP contribution < -0.4 is 21.3 Å². The fraction of sp³-hybridized carbons (Fsp3) is 0.263. The van der Waals surface area contributed by atoms with Gasteiger partial charge in [0.15, 0.2) is 0 Å². The van der Waals surface area contributed by atoms with Gasteiger partial charge >= 0.3 is 6.03 Å². The number of amides is 5. The van der Waals surface area contributed by atoms with Crippen molar-refractivity contribution in [3.8, 4) is 0 Å². The molecule has 9 heteroatoms. The molecule has 5 amide bonds. The van der Waals surface area contributed by atoms with E-state index in [4.69, 9.17) is 0 Å². The Labute approximate surface area is 165 Å². The van der Waals surface area contributed by atoms with Crippen molar-refractivity contribution in [3.63, 3.8) is 0 Å². The molecule has 28 heavy (non-hydrogen) atoms. The minimum absolute atomic E-state index is 0.153. The molecule has 3 rings (SSSR count). The molecule has 1 aromatic heterocycles. The zero-order valence-electron chi connectivity index (χ0n) is 15.2. The lowest BCUT2D eigenvalue weighted by atomic mass is 9.92. The van der Waals surface area contributed by atoms with Crippen molar-refractivity contribution in [2.75, 3.05) is 11.9 Å². The van der Waals surface area contributed by atoms with E-state index in [0.717, 1.165) is 0 Å². The summed E-state index contributed by atoms with van der Waals surface area (Å²) >= 11 is 1.45. The van der Waals surface area contributed by atoms with Crippen molar-refractivity contribution < 1.29 is 19.2 Å². The molecule has 8 nitrogen and oxygen atoms in total.